The summed E-state index contributed by atoms with van der Waals surface area (Å²) in [7, 11) is 1.61. The number of rotatable bonds is 1. The van der Waals surface area contributed by atoms with E-state index in [0.29, 0.717) is 18.0 Å². The minimum Gasteiger partial charge on any atom is -0.493 e. The number of para-hydroxylation sites is 1. The molecule has 0 aromatic heterocycles. The summed E-state index contributed by atoms with van der Waals surface area (Å²) in [5.41, 5.74) is 0.347. The molecule has 1 fully saturated rings. The lowest BCUT2D eigenvalue weighted by molar-refractivity contribution is -0.0134. The normalized spacial score (nSPS) is 31.5. The predicted octanol–water partition coefficient (Wildman–Crippen LogP) is 0.853. The van der Waals surface area contributed by atoms with Gasteiger partial charge in [0.2, 0.25) is 0 Å². The van der Waals surface area contributed by atoms with E-state index in [1.54, 1.807) is 7.11 Å². The van der Waals surface area contributed by atoms with E-state index in [9.17, 15) is 5.11 Å². The molecular weight excluding hydrogens is 206 g/mol. The Morgan fingerprint density at radius 1 is 1.56 bits per heavy atom. The van der Waals surface area contributed by atoms with Crippen LogP contribution in [-0.4, -0.2) is 30.9 Å². The van der Waals surface area contributed by atoms with Gasteiger partial charge in [-0.1, -0.05) is 12.1 Å². The van der Waals surface area contributed by atoms with Gasteiger partial charge in [0, 0.05) is 18.5 Å². The molecule has 2 unspecified atom stereocenters. The largest absolute Gasteiger partial charge is 0.493 e. The fourth-order valence-electron chi connectivity index (χ4n) is 2.57. The molecule has 16 heavy (non-hydrogen) atoms. The van der Waals surface area contributed by atoms with Crippen LogP contribution < -0.4 is 14.8 Å². The van der Waals surface area contributed by atoms with Crippen molar-refractivity contribution in [3.63, 3.8) is 0 Å². The van der Waals surface area contributed by atoms with E-state index < -0.39 is 11.7 Å². The number of hydrogen-bond donors (Lipinski definition) is 2. The molecule has 1 aromatic carbocycles. The van der Waals surface area contributed by atoms with Gasteiger partial charge in [-0.25, -0.2) is 0 Å². The SMILES string of the molecule is COc1cccc2c1OC1(CCNC1)C2O. The topological polar surface area (TPSA) is 50.7 Å². The van der Waals surface area contributed by atoms with Crippen LogP contribution in [0.2, 0.25) is 0 Å². The smallest absolute Gasteiger partial charge is 0.168 e. The Morgan fingerprint density at radius 3 is 3.12 bits per heavy atom. The van der Waals surface area contributed by atoms with E-state index in [1.807, 2.05) is 18.2 Å². The highest BCUT2D eigenvalue weighted by Gasteiger charge is 2.50. The number of nitrogens with one attached hydrogen (secondary N) is 1. The van der Waals surface area contributed by atoms with Crippen molar-refractivity contribution >= 4 is 0 Å². The van der Waals surface area contributed by atoms with Crippen molar-refractivity contribution in [3.05, 3.63) is 23.8 Å². The zero-order chi connectivity index (χ0) is 11.2. The lowest BCUT2D eigenvalue weighted by Gasteiger charge is -2.25. The molecule has 0 saturated carbocycles. The molecule has 3 rings (SSSR count). The van der Waals surface area contributed by atoms with E-state index >= 15 is 0 Å². The fraction of sp³-hybridized carbons (Fsp3) is 0.500. The summed E-state index contributed by atoms with van der Waals surface area (Å²) in [5.74, 6) is 1.39. The maximum absolute atomic E-state index is 10.3. The highest BCUT2D eigenvalue weighted by Crippen LogP contribution is 2.49. The molecule has 86 valence electrons. The van der Waals surface area contributed by atoms with Gasteiger partial charge in [-0.3, -0.25) is 0 Å². The van der Waals surface area contributed by atoms with Crippen LogP contribution in [0.5, 0.6) is 11.5 Å². The number of benzene rings is 1. The van der Waals surface area contributed by atoms with Gasteiger partial charge in [0.05, 0.1) is 7.11 Å². The van der Waals surface area contributed by atoms with Crippen LogP contribution in [0.25, 0.3) is 0 Å². The van der Waals surface area contributed by atoms with Crippen LogP contribution in [0.15, 0.2) is 18.2 Å². The van der Waals surface area contributed by atoms with Crippen molar-refractivity contribution in [1.29, 1.82) is 0 Å². The third-order valence-electron chi connectivity index (χ3n) is 3.48. The highest BCUT2D eigenvalue weighted by atomic mass is 16.5. The molecule has 0 amide bonds. The van der Waals surface area contributed by atoms with Gasteiger partial charge < -0.3 is 19.9 Å². The number of aliphatic hydroxyl groups excluding tert-OH is 1. The third kappa shape index (κ3) is 1.17. The Labute approximate surface area is 94.2 Å². The second kappa shape index (κ2) is 3.37. The second-order valence-corrected chi connectivity index (χ2v) is 4.37. The van der Waals surface area contributed by atoms with Gasteiger partial charge in [0.1, 0.15) is 6.10 Å². The van der Waals surface area contributed by atoms with Crippen LogP contribution in [0.4, 0.5) is 0 Å². The van der Waals surface area contributed by atoms with Crippen molar-refractivity contribution in [3.8, 4) is 11.5 Å². The molecule has 2 heterocycles. The molecule has 1 aromatic rings. The monoisotopic (exact) mass is 221 g/mol. The summed E-state index contributed by atoms with van der Waals surface area (Å²) >= 11 is 0. The second-order valence-electron chi connectivity index (χ2n) is 4.37. The van der Waals surface area contributed by atoms with Gasteiger partial charge in [0.25, 0.3) is 0 Å². The van der Waals surface area contributed by atoms with Gasteiger partial charge >= 0.3 is 0 Å². The van der Waals surface area contributed by atoms with Gasteiger partial charge in [-0.05, 0) is 12.6 Å². The van der Waals surface area contributed by atoms with Crippen LogP contribution >= 0.6 is 0 Å². The summed E-state index contributed by atoms with van der Waals surface area (Å²) in [6, 6.07) is 5.63. The number of fused-ring (bicyclic) bond motifs is 1. The standard InChI is InChI=1S/C12H15NO3/c1-15-9-4-2-3-8-10(9)16-12(11(8)14)5-6-13-7-12/h2-4,11,13-14H,5-7H2,1H3. The third-order valence-corrected chi connectivity index (χ3v) is 3.48. The molecule has 2 N–H and O–H groups in total. The summed E-state index contributed by atoms with van der Waals surface area (Å²) in [5, 5.41) is 13.6. The number of methoxy groups -OCH3 is 1. The number of hydrogen-bond acceptors (Lipinski definition) is 4. The van der Waals surface area contributed by atoms with Gasteiger partial charge in [-0.2, -0.15) is 0 Å². The minimum absolute atomic E-state index is 0.489. The first-order chi connectivity index (χ1) is 7.77. The maximum Gasteiger partial charge on any atom is 0.168 e. The molecule has 2 aliphatic heterocycles. The molecule has 1 saturated heterocycles. The number of ether oxygens (including phenoxy) is 2. The van der Waals surface area contributed by atoms with Crippen LogP contribution in [0.3, 0.4) is 0 Å². The first-order valence-electron chi connectivity index (χ1n) is 5.51. The highest BCUT2D eigenvalue weighted by molar-refractivity contribution is 5.52. The average Bonchev–Trinajstić information content (AvgIpc) is 2.88. The lowest BCUT2D eigenvalue weighted by Crippen LogP contribution is -2.40. The molecular formula is C12H15NO3. The van der Waals surface area contributed by atoms with Gasteiger partial charge in [-0.15, -0.1) is 0 Å². The zero-order valence-electron chi connectivity index (χ0n) is 9.19. The molecule has 4 heteroatoms. The molecule has 0 aliphatic carbocycles. The first-order valence-corrected chi connectivity index (χ1v) is 5.51. The molecule has 1 spiro atoms. The summed E-state index contributed by atoms with van der Waals surface area (Å²) < 4.78 is 11.2. The maximum atomic E-state index is 10.3. The quantitative estimate of drug-likeness (QED) is 0.738. The Morgan fingerprint density at radius 2 is 2.44 bits per heavy atom. The Bertz CT molecular complexity index is 413. The predicted molar refractivity (Wildman–Crippen MR) is 58.8 cm³/mol. The summed E-state index contributed by atoms with van der Waals surface area (Å²) in [6.07, 6.45) is 0.263. The molecule has 0 bridgehead atoms. The lowest BCUT2D eigenvalue weighted by atomic mass is 9.93. The molecule has 2 atom stereocenters. The Hall–Kier alpha value is -1.26. The van der Waals surface area contributed by atoms with E-state index in [-0.39, 0.29) is 0 Å². The summed E-state index contributed by atoms with van der Waals surface area (Å²) in [4.78, 5) is 0. The molecule has 4 nitrogen and oxygen atoms in total. The van der Waals surface area contributed by atoms with E-state index in [2.05, 4.69) is 5.32 Å². The fourth-order valence-corrected chi connectivity index (χ4v) is 2.57. The van der Waals surface area contributed by atoms with E-state index in [0.717, 1.165) is 18.5 Å². The molecule has 0 radical (unpaired) electrons. The van der Waals surface area contributed by atoms with Crippen LogP contribution in [-0.2, 0) is 0 Å². The van der Waals surface area contributed by atoms with Crippen molar-refractivity contribution < 1.29 is 14.6 Å². The number of aliphatic hydroxyl groups is 1. The van der Waals surface area contributed by atoms with Gasteiger partial charge in [0.15, 0.2) is 17.1 Å². The van der Waals surface area contributed by atoms with Crippen molar-refractivity contribution in [2.24, 2.45) is 0 Å². The zero-order valence-corrected chi connectivity index (χ0v) is 9.19. The minimum atomic E-state index is -0.562. The van der Waals surface area contributed by atoms with Crippen molar-refractivity contribution in [2.75, 3.05) is 20.2 Å². The Kier molecular flexibility index (Phi) is 2.09. The van der Waals surface area contributed by atoms with E-state index in [1.165, 1.54) is 0 Å². The van der Waals surface area contributed by atoms with Crippen molar-refractivity contribution in [2.45, 2.75) is 18.1 Å². The first kappa shape index (κ1) is 9.93. The average molecular weight is 221 g/mol. The van der Waals surface area contributed by atoms with E-state index in [4.69, 9.17) is 9.47 Å². The van der Waals surface area contributed by atoms with Crippen LogP contribution in [0.1, 0.15) is 18.1 Å². The Balaban J connectivity index is 2.06. The van der Waals surface area contributed by atoms with Crippen molar-refractivity contribution in [1.82, 2.24) is 5.32 Å². The van der Waals surface area contributed by atoms with Crippen LogP contribution in [0, 0.1) is 0 Å². The summed E-state index contributed by atoms with van der Waals surface area (Å²) in [6.45, 7) is 1.57. The molecule has 2 aliphatic rings.